The smallest absolute Gasteiger partial charge is 0.134 e. The molecule has 0 bridgehead atoms. The standard InChI is InChI=1S/C13H16BrN3/c1-13(2,3)17-12-10-6-8(14)7-11(15)9(10)4-5-16-12/h4-7H,15H2,1-3H3,(H,16,17). The molecule has 0 aliphatic heterocycles. The number of nitrogen functional groups attached to an aromatic ring is 1. The Morgan fingerprint density at radius 2 is 1.94 bits per heavy atom. The predicted molar refractivity (Wildman–Crippen MR) is 77.2 cm³/mol. The van der Waals surface area contributed by atoms with Crippen LogP contribution in [0.25, 0.3) is 10.8 Å². The van der Waals surface area contributed by atoms with E-state index in [1.54, 1.807) is 6.20 Å². The van der Waals surface area contributed by atoms with Crippen molar-refractivity contribution in [2.45, 2.75) is 26.3 Å². The molecule has 2 aromatic rings. The molecule has 0 unspecified atom stereocenters. The minimum Gasteiger partial charge on any atom is -0.398 e. The molecule has 0 spiro atoms. The van der Waals surface area contributed by atoms with Gasteiger partial charge in [-0.25, -0.2) is 4.98 Å². The summed E-state index contributed by atoms with van der Waals surface area (Å²) in [4.78, 5) is 4.39. The number of nitrogens with zero attached hydrogens (tertiary/aromatic N) is 1. The summed E-state index contributed by atoms with van der Waals surface area (Å²) in [6.45, 7) is 6.32. The van der Waals surface area contributed by atoms with Crippen molar-refractivity contribution >= 4 is 38.2 Å². The van der Waals surface area contributed by atoms with Crippen LogP contribution in [0.1, 0.15) is 20.8 Å². The average molecular weight is 294 g/mol. The van der Waals surface area contributed by atoms with Crippen LogP contribution >= 0.6 is 15.9 Å². The van der Waals surface area contributed by atoms with Gasteiger partial charge in [-0.3, -0.25) is 0 Å². The van der Waals surface area contributed by atoms with E-state index in [0.29, 0.717) is 0 Å². The molecule has 3 N–H and O–H groups in total. The predicted octanol–water partition coefficient (Wildman–Crippen LogP) is 3.79. The first kappa shape index (κ1) is 12.2. The van der Waals surface area contributed by atoms with Crippen LogP contribution in [0.4, 0.5) is 11.5 Å². The van der Waals surface area contributed by atoms with Gasteiger partial charge < -0.3 is 11.1 Å². The van der Waals surface area contributed by atoms with Crippen LogP contribution in [-0.2, 0) is 0 Å². The van der Waals surface area contributed by atoms with Gasteiger partial charge in [0.1, 0.15) is 5.82 Å². The summed E-state index contributed by atoms with van der Waals surface area (Å²) in [6, 6.07) is 5.88. The molecule has 0 saturated heterocycles. The third kappa shape index (κ3) is 2.69. The van der Waals surface area contributed by atoms with E-state index in [0.717, 1.165) is 26.8 Å². The molecular weight excluding hydrogens is 278 g/mol. The third-order valence-electron chi connectivity index (χ3n) is 2.37. The van der Waals surface area contributed by atoms with E-state index in [1.165, 1.54) is 0 Å². The molecule has 0 fully saturated rings. The maximum atomic E-state index is 6.00. The average Bonchev–Trinajstić information content (AvgIpc) is 2.17. The topological polar surface area (TPSA) is 50.9 Å². The molecule has 0 aliphatic carbocycles. The summed E-state index contributed by atoms with van der Waals surface area (Å²) in [6.07, 6.45) is 1.78. The lowest BCUT2D eigenvalue weighted by molar-refractivity contribution is 0.631. The maximum Gasteiger partial charge on any atom is 0.134 e. The van der Waals surface area contributed by atoms with Crippen LogP contribution in [0.5, 0.6) is 0 Å². The minimum absolute atomic E-state index is 0.0294. The van der Waals surface area contributed by atoms with Gasteiger partial charge in [0.25, 0.3) is 0 Å². The number of rotatable bonds is 1. The van der Waals surface area contributed by atoms with E-state index in [4.69, 9.17) is 5.73 Å². The molecule has 17 heavy (non-hydrogen) atoms. The first-order chi connectivity index (χ1) is 7.87. The molecular formula is C13H16BrN3. The van der Waals surface area contributed by atoms with Crippen LogP contribution in [0.3, 0.4) is 0 Å². The number of benzene rings is 1. The first-order valence-corrected chi connectivity index (χ1v) is 6.28. The molecule has 1 aromatic heterocycles. The van der Waals surface area contributed by atoms with Crippen molar-refractivity contribution < 1.29 is 0 Å². The zero-order valence-corrected chi connectivity index (χ0v) is 11.8. The molecule has 1 heterocycles. The number of hydrogen-bond donors (Lipinski definition) is 2. The van der Waals surface area contributed by atoms with E-state index in [9.17, 15) is 0 Å². The van der Waals surface area contributed by atoms with Gasteiger partial charge in [0.05, 0.1) is 0 Å². The summed E-state index contributed by atoms with van der Waals surface area (Å²) in [5.41, 5.74) is 6.73. The lowest BCUT2D eigenvalue weighted by atomic mass is 10.1. The minimum atomic E-state index is -0.0294. The Balaban J connectivity index is 2.64. The number of halogens is 1. The van der Waals surface area contributed by atoms with Gasteiger partial charge >= 0.3 is 0 Å². The first-order valence-electron chi connectivity index (χ1n) is 5.49. The fourth-order valence-corrected chi connectivity index (χ4v) is 2.21. The number of anilines is 2. The molecule has 4 heteroatoms. The Hall–Kier alpha value is -1.29. The monoisotopic (exact) mass is 293 g/mol. The van der Waals surface area contributed by atoms with Crippen molar-refractivity contribution in [3.63, 3.8) is 0 Å². The molecule has 0 atom stereocenters. The van der Waals surface area contributed by atoms with Crippen molar-refractivity contribution in [1.29, 1.82) is 0 Å². The van der Waals surface area contributed by atoms with Crippen molar-refractivity contribution in [3.05, 3.63) is 28.9 Å². The lowest BCUT2D eigenvalue weighted by Crippen LogP contribution is -2.26. The number of pyridine rings is 1. The molecule has 3 nitrogen and oxygen atoms in total. The molecule has 1 aromatic carbocycles. The zero-order chi connectivity index (χ0) is 12.6. The van der Waals surface area contributed by atoms with E-state index in [1.807, 2.05) is 18.2 Å². The largest absolute Gasteiger partial charge is 0.398 e. The van der Waals surface area contributed by atoms with E-state index >= 15 is 0 Å². The van der Waals surface area contributed by atoms with Crippen molar-refractivity contribution in [1.82, 2.24) is 4.98 Å². The molecule has 90 valence electrons. The van der Waals surface area contributed by atoms with E-state index in [2.05, 4.69) is 47.0 Å². The zero-order valence-electron chi connectivity index (χ0n) is 10.2. The van der Waals surface area contributed by atoms with E-state index in [-0.39, 0.29) is 5.54 Å². The Morgan fingerprint density at radius 3 is 2.59 bits per heavy atom. The molecule has 0 amide bonds. The van der Waals surface area contributed by atoms with Crippen LogP contribution in [0, 0.1) is 0 Å². The number of nitrogens with two attached hydrogens (primary N) is 1. The number of aromatic nitrogens is 1. The highest BCUT2D eigenvalue weighted by Crippen LogP contribution is 2.30. The highest BCUT2D eigenvalue weighted by Gasteiger charge is 2.13. The number of nitrogens with one attached hydrogen (secondary N) is 1. The number of hydrogen-bond acceptors (Lipinski definition) is 3. The fourth-order valence-electron chi connectivity index (χ4n) is 1.73. The van der Waals surface area contributed by atoms with Gasteiger partial charge in [0, 0.05) is 32.7 Å². The highest BCUT2D eigenvalue weighted by molar-refractivity contribution is 9.10. The van der Waals surface area contributed by atoms with Crippen LogP contribution in [0.2, 0.25) is 0 Å². The quantitative estimate of drug-likeness (QED) is 0.787. The van der Waals surface area contributed by atoms with Crippen LogP contribution < -0.4 is 11.1 Å². The second-order valence-electron chi connectivity index (χ2n) is 5.12. The molecule has 0 radical (unpaired) electrons. The number of fused-ring (bicyclic) bond motifs is 1. The van der Waals surface area contributed by atoms with Gasteiger partial charge in [-0.05, 0) is 39.0 Å². The summed E-state index contributed by atoms with van der Waals surface area (Å²) in [5.74, 6) is 0.864. The van der Waals surface area contributed by atoms with Gasteiger partial charge in [0.2, 0.25) is 0 Å². The van der Waals surface area contributed by atoms with Gasteiger partial charge in [-0.15, -0.1) is 0 Å². The SMILES string of the molecule is CC(C)(C)Nc1nccc2c(N)cc(Br)cc12. The molecule has 2 rings (SSSR count). The summed E-state index contributed by atoms with van der Waals surface area (Å²) in [5, 5.41) is 5.45. The second kappa shape index (κ2) is 4.18. The van der Waals surface area contributed by atoms with Gasteiger partial charge in [-0.1, -0.05) is 15.9 Å². The third-order valence-corrected chi connectivity index (χ3v) is 2.83. The summed E-state index contributed by atoms with van der Waals surface area (Å²) < 4.78 is 0.965. The Labute approximate surface area is 110 Å². The van der Waals surface area contributed by atoms with Crippen LogP contribution in [0.15, 0.2) is 28.9 Å². The van der Waals surface area contributed by atoms with Crippen LogP contribution in [-0.4, -0.2) is 10.5 Å². The Morgan fingerprint density at radius 1 is 1.24 bits per heavy atom. The second-order valence-corrected chi connectivity index (χ2v) is 6.04. The molecule has 0 saturated carbocycles. The Bertz CT molecular complexity index is 558. The van der Waals surface area contributed by atoms with Gasteiger partial charge in [0.15, 0.2) is 0 Å². The van der Waals surface area contributed by atoms with E-state index < -0.39 is 0 Å². The summed E-state index contributed by atoms with van der Waals surface area (Å²) in [7, 11) is 0. The summed E-state index contributed by atoms with van der Waals surface area (Å²) >= 11 is 3.46. The van der Waals surface area contributed by atoms with Crippen molar-refractivity contribution in [3.8, 4) is 0 Å². The van der Waals surface area contributed by atoms with Crippen molar-refractivity contribution in [2.24, 2.45) is 0 Å². The maximum absolute atomic E-state index is 6.00. The Kier molecular flexibility index (Phi) is 3.00. The molecule has 0 aliphatic rings. The van der Waals surface area contributed by atoms with Gasteiger partial charge in [-0.2, -0.15) is 0 Å². The van der Waals surface area contributed by atoms with Crippen molar-refractivity contribution in [2.75, 3.05) is 11.1 Å². The lowest BCUT2D eigenvalue weighted by Gasteiger charge is -2.22. The normalized spacial score (nSPS) is 11.8. The highest BCUT2D eigenvalue weighted by atomic mass is 79.9. The fraction of sp³-hybridized carbons (Fsp3) is 0.308.